The summed E-state index contributed by atoms with van der Waals surface area (Å²) in [5, 5.41) is 4.39. The fraction of sp³-hybridized carbons (Fsp3) is 0. The molecule has 56 heavy (non-hydrogen) atoms. The van der Waals surface area contributed by atoms with Crippen LogP contribution in [0.15, 0.2) is 194 Å². The highest BCUT2D eigenvalue weighted by Crippen LogP contribution is 2.43. The van der Waals surface area contributed by atoms with Gasteiger partial charge in [-0.2, -0.15) is 0 Å². The molecule has 10 aromatic rings. The van der Waals surface area contributed by atoms with Crippen LogP contribution in [0.2, 0.25) is 0 Å². The molecule has 0 saturated heterocycles. The van der Waals surface area contributed by atoms with Gasteiger partial charge in [-0.15, -0.1) is 0 Å². The zero-order valence-corrected chi connectivity index (χ0v) is 30.2. The first-order valence-electron chi connectivity index (χ1n) is 18.5. The summed E-state index contributed by atoms with van der Waals surface area (Å²) < 4.78 is 0. The van der Waals surface area contributed by atoms with Crippen molar-refractivity contribution >= 4 is 21.5 Å². The van der Waals surface area contributed by atoms with Crippen LogP contribution in [-0.4, -0.2) is 29.9 Å². The molecule has 0 bridgehead atoms. The molecule has 0 saturated carbocycles. The van der Waals surface area contributed by atoms with Crippen molar-refractivity contribution in [3.05, 3.63) is 194 Å². The average Bonchev–Trinajstić information content (AvgIpc) is 3.29. The summed E-state index contributed by atoms with van der Waals surface area (Å²) in [5.74, 6) is 1.91. The van der Waals surface area contributed by atoms with E-state index >= 15 is 0 Å². The van der Waals surface area contributed by atoms with Crippen LogP contribution >= 0.6 is 0 Å². The van der Waals surface area contributed by atoms with Gasteiger partial charge < -0.3 is 0 Å². The molecule has 0 N–H and O–H groups in total. The Morgan fingerprint density at radius 2 is 0.661 bits per heavy atom. The van der Waals surface area contributed by atoms with Gasteiger partial charge >= 0.3 is 0 Å². The Bertz CT molecular complexity index is 2820. The average molecular weight is 717 g/mol. The topological polar surface area (TPSA) is 77.3 Å². The Morgan fingerprint density at radius 1 is 0.250 bits per heavy atom. The maximum absolute atomic E-state index is 5.17. The molecular formula is C50H32N6. The minimum Gasteiger partial charge on any atom is -0.255 e. The van der Waals surface area contributed by atoms with Crippen LogP contribution in [0, 0.1) is 0 Å². The van der Waals surface area contributed by atoms with Crippen molar-refractivity contribution in [2.75, 3.05) is 0 Å². The SMILES string of the molecule is c1ccc(-c2nc(-c3ccccc3)nc(-c3c4ccccc4c(-c4ccc(-c5cc(-c6ccccn6)nc(-c6ccccn6)c5)cc4)c4ccccc34)n2)cc1. The van der Waals surface area contributed by atoms with Crippen LogP contribution in [-0.2, 0) is 0 Å². The number of pyridine rings is 3. The van der Waals surface area contributed by atoms with Gasteiger partial charge in [0.05, 0.1) is 22.8 Å². The second-order valence-corrected chi connectivity index (χ2v) is 13.5. The van der Waals surface area contributed by atoms with Crippen molar-refractivity contribution in [1.29, 1.82) is 0 Å². The highest BCUT2D eigenvalue weighted by atomic mass is 15.0. The van der Waals surface area contributed by atoms with Gasteiger partial charge in [-0.3, -0.25) is 9.97 Å². The van der Waals surface area contributed by atoms with Gasteiger partial charge in [-0.05, 0) is 80.2 Å². The molecule has 6 heteroatoms. The Kier molecular flexibility index (Phi) is 8.39. The van der Waals surface area contributed by atoms with Gasteiger partial charge in [0.15, 0.2) is 17.5 Å². The number of benzene rings is 6. The number of nitrogens with zero attached hydrogens (tertiary/aromatic N) is 6. The van der Waals surface area contributed by atoms with E-state index in [1.165, 1.54) is 0 Å². The van der Waals surface area contributed by atoms with Crippen molar-refractivity contribution in [1.82, 2.24) is 29.9 Å². The van der Waals surface area contributed by atoms with Crippen LogP contribution in [0.4, 0.5) is 0 Å². The summed E-state index contributed by atoms with van der Waals surface area (Å²) in [7, 11) is 0. The summed E-state index contributed by atoms with van der Waals surface area (Å²) >= 11 is 0. The quantitative estimate of drug-likeness (QED) is 0.153. The molecule has 0 radical (unpaired) electrons. The minimum absolute atomic E-state index is 0.635. The lowest BCUT2D eigenvalue weighted by molar-refractivity contribution is 1.08. The van der Waals surface area contributed by atoms with Crippen LogP contribution < -0.4 is 0 Å². The number of rotatable bonds is 7. The van der Waals surface area contributed by atoms with Crippen molar-refractivity contribution in [2.45, 2.75) is 0 Å². The minimum atomic E-state index is 0.635. The Morgan fingerprint density at radius 3 is 1.12 bits per heavy atom. The van der Waals surface area contributed by atoms with Crippen molar-refractivity contribution in [3.8, 4) is 79.2 Å². The first-order chi connectivity index (χ1) is 27.8. The third-order valence-corrected chi connectivity index (χ3v) is 10.0. The molecule has 0 spiro atoms. The Hall–Kier alpha value is -7.70. The third kappa shape index (κ3) is 6.15. The molecule has 0 atom stereocenters. The molecule has 0 aliphatic rings. The first-order valence-corrected chi connectivity index (χ1v) is 18.5. The molecule has 6 aromatic carbocycles. The lowest BCUT2D eigenvalue weighted by atomic mass is 9.87. The predicted molar refractivity (Wildman–Crippen MR) is 226 cm³/mol. The maximum Gasteiger partial charge on any atom is 0.165 e. The summed E-state index contributed by atoms with van der Waals surface area (Å²) in [5.41, 5.74) is 10.5. The normalized spacial score (nSPS) is 11.2. The summed E-state index contributed by atoms with van der Waals surface area (Å²) in [4.78, 5) is 29.5. The molecule has 0 aliphatic heterocycles. The second-order valence-electron chi connectivity index (χ2n) is 13.5. The van der Waals surface area contributed by atoms with E-state index in [0.717, 1.165) is 83.3 Å². The molecule has 4 aromatic heterocycles. The van der Waals surface area contributed by atoms with E-state index in [2.05, 4.69) is 94.9 Å². The second kappa shape index (κ2) is 14.3. The molecular weight excluding hydrogens is 685 g/mol. The van der Waals surface area contributed by atoms with Crippen LogP contribution in [0.25, 0.3) is 101 Å². The number of aromatic nitrogens is 6. The number of fused-ring (bicyclic) bond motifs is 2. The molecule has 262 valence electrons. The zero-order chi connectivity index (χ0) is 37.3. The lowest BCUT2D eigenvalue weighted by Gasteiger charge is -2.18. The molecule has 0 amide bonds. The van der Waals surface area contributed by atoms with Crippen LogP contribution in [0.1, 0.15) is 0 Å². The van der Waals surface area contributed by atoms with Crippen LogP contribution in [0.5, 0.6) is 0 Å². The monoisotopic (exact) mass is 716 g/mol. The number of hydrogen-bond acceptors (Lipinski definition) is 6. The Balaban J connectivity index is 1.14. The van der Waals surface area contributed by atoms with Gasteiger partial charge in [0.1, 0.15) is 0 Å². The zero-order valence-electron chi connectivity index (χ0n) is 30.2. The van der Waals surface area contributed by atoms with E-state index in [9.17, 15) is 0 Å². The molecule has 0 fully saturated rings. The van der Waals surface area contributed by atoms with E-state index < -0.39 is 0 Å². The fourth-order valence-corrected chi connectivity index (χ4v) is 7.42. The Labute approximate surface area is 324 Å². The summed E-state index contributed by atoms with van der Waals surface area (Å²) in [6, 6.07) is 62.2. The first kappa shape index (κ1) is 32.9. The summed E-state index contributed by atoms with van der Waals surface area (Å²) in [6.07, 6.45) is 3.59. The standard InChI is InChI=1S/C50H32N6/c1-3-15-35(16-4-1)48-54-49(36-17-5-2-6-18-36)56-50(55-48)47-40-21-9-7-19-38(40)46(39-20-8-10-22-41(39)47)34-27-25-33(26-28-34)37-31-44(42-23-11-13-29-51-42)53-45(32-37)43-24-12-14-30-52-43/h1-32H. The van der Waals surface area contributed by atoms with Gasteiger partial charge in [0, 0.05) is 29.1 Å². The third-order valence-electron chi connectivity index (χ3n) is 10.0. The highest BCUT2D eigenvalue weighted by molar-refractivity contribution is 6.20. The molecule has 4 heterocycles. The largest absolute Gasteiger partial charge is 0.255 e. The van der Waals surface area contributed by atoms with Crippen molar-refractivity contribution < 1.29 is 0 Å². The van der Waals surface area contributed by atoms with E-state index in [0.29, 0.717) is 17.5 Å². The van der Waals surface area contributed by atoms with Gasteiger partial charge in [-0.25, -0.2) is 19.9 Å². The van der Waals surface area contributed by atoms with Crippen LogP contribution in [0.3, 0.4) is 0 Å². The van der Waals surface area contributed by atoms with E-state index in [1.54, 1.807) is 12.4 Å². The van der Waals surface area contributed by atoms with Gasteiger partial charge in [0.2, 0.25) is 0 Å². The van der Waals surface area contributed by atoms with Crippen molar-refractivity contribution in [2.24, 2.45) is 0 Å². The van der Waals surface area contributed by atoms with Gasteiger partial charge in [0.25, 0.3) is 0 Å². The molecule has 0 aliphatic carbocycles. The number of hydrogen-bond donors (Lipinski definition) is 0. The van der Waals surface area contributed by atoms with E-state index in [-0.39, 0.29) is 0 Å². The summed E-state index contributed by atoms with van der Waals surface area (Å²) in [6.45, 7) is 0. The molecule has 6 nitrogen and oxygen atoms in total. The fourth-order valence-electron chi connectivity index (χ4n) is 7.42. The van der Waals surface area contributed by atoms with E-state index in [4.69, 9.17) is 19.9 Å². The maximum atomic E-state index is 5.17. The highest BCUT2D eigenvalue weighted by Gasteiger charge is 2.21. The van der Waals surface area contributed by atoms with Gasteiger partial charge in [-0.1, -0.05) is 146 Å². The van der Waals surface area contributed by atoms with Crippen molar-refractivity contribution in [3.63, 3.8) is 0 Å². The molecule has 10 rings (SSSR count). The van der Waals surface area contributed by atoms with E-state index in [1.807, 2.05) is 97.1 Å². The predicted octanol–water partition coefficient (Wildman–Crippen LogP) is 12.0. The molecule has 0 unspecified atom stereocenters. The lowest BCUT2D eigenvalue weighted by Crippen LogP contribution is -2.01. The smallest absolute Gasteiger partial charge is 0.165 e.